The molecule has 0 amide bonds. The number of rotatable bonds is 4. The summed E-state index contributed by atoms with van der Waals surface area (Å²) in [5, 5.41) is 0.692. The largest absolute Gasteiger partial charge is 0.466 e. The Morgan fingerprint density at radius 3 is 3.00 bits per heavy atom. The standard InChI is InChI=1S/C14H15ClN2O2/c1-2-19-14(18)8-13-16-11-6-3-9(15)7-12(11)17(13)10-4-5-10/h3,6-7,10H,2,4-5,8H2,1H3. The molecule has 19 heavy (non-hydrogen) atoms. The number of hydrogen-bond donors (Lipinski definition) is 0. The number of fused-ring (bicyclic) bond motifs is 1. The molecule has 1 heterocycles. The van der Waals surface area contributed by atoms with E-state index in [1.54, 1.807) is 0 Å². The van der Waals surface area contributed by atoms with Crippen LogP contribution in [0, 0.1) is 0 Å². The maximum atomic E-state index is 11.6. The van der Waals surface area contributed by atoms with Gasteiger partial charge in [0.25, 0.3) is 0 Å². The number of imidazole rings is 1. The molecule has 0 atom stereocenters. The Kier molecular flexibility index (Phi) is 3.19. The zero-order valence-electron chi connectivity index (χ0n) is 10.7. The number of benzene rings is 1. The van der Waals surface area contributed by atoms with Crippen LogP contribution in [0.5, 0.6) is 0 Å². The van der Waals surface area contributed by atoms with Crippen LogP contribution in [0.3, 0.4) is 0 Å². The lowest BCUT2D eigenvalue weighted by molar-refractivity contribution is -0.142. The van der Waals surface area contributed by atoms with E-state index >= 15 is 0 Å². The summed E-state index contributed by atoms with van der Waals surface area (Å²) in [6, 6.07) is 6.08. The number of carbonyl (C=O) groups is 1. The molecular formula is C14H15ClN2O2. The van der Waals surface area contributed by atoms with Crippen molar-refractivity contribution in [2.45, 2.75) is 32.2 Å². The molecule has 3 rings (SSSR count). The summed E-state index contributed by atoms with van der Waals surface area (Å²) < 4.78 is 7.14. The van der Waals surface area contributed by atoms with Crippen molar-refractivity contribution in [1.82, 2.24) is 9.55 Å². The average molecular weight is 279 g/mol. The number of aromatic nitrogens is 2. The number of esters is 1. The molecule has 100 valence electrons. The topological polar surface area (TPSA) is 44.1 Å². The maximum absolute atomic E-state index is 11.6. The highest BCUT2D eigenvalue weighted by Gasteiger charge is 2.29. The second-order valence-corrected chi connectivity index (χ2v) is 5.18. The third-order valence-corrected chi connectivity index (χ3v) is 3.48. The van der Waals surface area contributed by atoms with Gasteiger partial charge in [0.05, 0.1) is 17.6 Å². The van der Waals surface area contributed by atoms with Crippen LogP contribution < -0.4 is 0 Å². The van der Waals surface area contributed by atoms with Gasteiger partial charge in [0.15, 0.2) is 0 Å². The van der Waals surface area contributed by atoms with Gasteiger partial charge in [-0.05, 0) is 38.0 Å². The summed E-state index contributed by atoms with van der Waals surface area (Å²) in [5.74, 6) is 0.545. The van der Waals surface area contributed by atoms with E-state index in [-0.39, 0.29) is 12.4 Å². The van der Waals surface area contributed by atoms with Crippen LogP contribution in [-0.2, 0) is 16.0 Å². The van der Waals surface area contributed by atoms with Gasteiger partial charge < -0.3 is 9.30 Å². The first-order chi connectivity index (χ1) is 9.19. The first kappa shape index (κ1) is 12.5. The molecule has 1 aromatic heterocycles. The normalized spacial score (nSPS) is 14.8. The summed E-state index contributed by atoms with van der Waals surface area (Å²) in [6.45, 7) is 2.20. The van der Waals surface area contributed by atoms with Crippen molar-refractivity contribution >= 4 is 28.6 Å². The average Bonchev–Trinajstić information content (AvgIpc) is 3.12. The maximum Gasteiger partial charge on any atom is 0.313 e. The molecule has 0 saturated heterocycles. The molecule has 0 N–H and O–H groups in total. The number of ether oxygens (including phenoxy) is 1. The van der Waals surface area contributed by atoms with Crippen molar-refractivity contribution in [2.75, 3.05) is 6.61 Å². The van der Waals surface area contributed by atoms with E-state index < -0.39 is 0 Å². The molecule has 0 bridgehead atoms. The van der Waals surface area contributed by atoms with Gasteiger partial charge in [-0.2, -0.15) is 0 Å². The zero-order valence-corrected chi connectivity index (χ0v) is 11.5. The quantitative estimate of drug-likeness (QED) is 0.807. The van der Waals surface area contributed by atoms with E-state index in [0.29, 0.717) is 17.7 Å². The van der Waals surface area contributed by atoms with Crippen molar-refractivity contribution in [3.63, 3.8) is 0 Å². The van der Waals surface area contributed by atoms with Crippen molar-refractivity contribution < 1.29 is 9.53 Å². The molecule has 1 saturated carbocycles. The van der Waals surface area contributed by atoms with Gasteiger partial charge in [-0.1, -0.05) is 11.6 Å². The van der Waals surface area contributed by atoms with E-state index in [1.807, 2.05) is 25.1 Å². The van der Waals surface area contributed by atoms with Crippen LogP contribution in [0.25, 0.3) is 11.0 Å². The first-order valence-corrected chi connectivity index (χ1v) is 6.89. The zero-order chi connectivity index (χ0) is 13.4. The van der Waals surface area contributed by atoms with Crippen LogP contribution >= 0.6 is 11.6 Å². The minimum atomic E-state index is -0.231. The number of nitrogens with zero attached hydrogens (tertiary/aromatic N) is 2. The predicted octanol–water partition coefficient (Wildman–Crippen LogP) is 3.13. The van der Waals surface area contributed by atoms with Crippen LogP contribution in [0.1, 0.15) is 31.6 Å². The molecule has 0 unspecified atom stereocenters. The summed E-state index contributed by atoms with van der Waals surface area (Å²) in [4.78, 5) is 16.2. The van der Waals surface area contributed by atoms with Gasteiger partial charge in [0, 0.05) is 11.1 Å². The van der Waals surface area contributed by atoms with Crippen molar-refractivity contribution in [3.8, 4) is 0 Å². The van der Waals surface area contributed by atoms with Crippen LogP contribution in [-0.4, -0.2) is 22.1 Å². The van der Waals surface area contributed by atoms with Crippen molar-refractivity contribution in [2.24, 2.45) is 0 Å². The summed E-state index contributed by atoms with van der Waals surface area (Å²) in [7, 11) is 0. The minimum absolute atomic E-state index is 0.219. The van der Waals surface area contributed by atoms with Gasteiger partial charge in [-0.15, -0.1) is 0 Å². The molecule has 4 nitrogen and oxygen atoms in total. The number of hydrogen-bond acceptors (Lipinski definition) is 3. The van der Waals surface area contributed by atoms with Crippen LogP contribution in [0.4, 0.5) is 0 Å². The first-order valence-electron chi connectivity index (χ1n) is 6.51. The second kappa shape index (κ2) is 4.85. The molecule has 0 spiro atoms. The van der Waals surface area contributed by atoms with Gasteiger partial charge in [0.2, 0.25) is 0 Å². The Hall–Kier alpha value is -1.55. The Morgan fingerprint density at radius 1 is 1.53 bits per heavy atom. The highest BCUT2D eigenvalue weighted by Crippen LogP contribution is 2.39. The third-order valence-electron chi connectivity index (χ3n) is 3.24. The second-order valence-electron chi connectivity index (χ2n) is 4.74. The smallest absolute Gasteiger partial charge is 0.313 e. The number of carbonyl (C=O) groups excluding carboxylic acids is 1. The predicted molar refractivity (Wildman–Crippen MR) is 73.4 cm³/mol. The van der Waals surface area contributed by atoms with Gasteiger partial charge in [-0.25, -0.2) is 4.98 Å². The van der Waals surface area contributed by atoms with E-state index in [4.69, 9.17) is 16.3 Å². The minimum Gasteiger partial charge on any atom is -0.466 e. The molecule has 1 aromatic carbocycles. The summed E-state index contributed by atoms with van der Waals surface area (Å²) in [5.41, 5.74) is 1.89. The van der Waals surface area contributed by atoms with Gasteiger partial charge in [-0.3, -0.25) is 4.79 Å². The summed E-state index contributed by atoms with van der Waals surface area (Å²) in [6.07, 6.45) is 2.48. The van der Waals surface area contributed by atoms with Crippen molar-refractivity contribution in [3.05, 3.63) is 29.0 Å². The third kappa shape index (κ3) is 2.45. The fourth-order valence-electron chi connectivity index (χ4n) is 2.32. The highest BCUT2D eigenvalue weighted by atomic mass is 35.5. The fourth-order valence-corrected chi connectivity index (χ4v) is 2.49. The summed E-state index contributed by atoms with van der Waals surface area (Å²) >= 11 is 6.05. The van der Waals surface area contributed by atoms with Crippen molar-refractivity contribution in [1.29, 1.82) is 0 Å². The SMILES string of the molecule is CCOC(=O)Cc1nc2ccc(Cl)cc2n1C1CC1. The van der Waals surface area contributed by atoms with Gasteiger partial charge in [0.1, 0.15) is 12.2 Å². The van der Waals surface area contributed by atoms with Crippen LogP contribution in [0.15, 0.2) is 18.2 Å². The van der Waals surface area contributed by atoms with E-state index in [1.165, 1.54) is 0 Å². The molecule has 1 aliphatic rings. The Balaban J connectivity index is 2.03. The van der Waals surface area contributed by atoms with E-state index in [9.17, 15) is 4.79 Å². The molecule has 0 radical (unpaired) electrons. The molecular weight excluding hydrogens is 264 g/mol. The van der Waals surface area contributed by atoms with E-state index in [2.05, 4.69) is 9.55 Å². The molecule has 1 aliphatic carbocycles. The highest BCUT2D eigenvalue weighted by molar-refractivity contribution is 6.31. The Labute approximate surface area is 116 Å². The van der Waals surface area contributed by atoms with Gasteiger partial charge >= 0.3 is 5.97 Å². The fraction of sp³-hybridized carbons (Fsp3) is 0.429. The molecule has 2 aromatic rings. The molecule has 1 fully saturated rings. The lowest BCUT2D eigenvalue weighted by atomic mass is 10.3. The molecule has 0 aliphatic heterocycles. The lowest BCUT2D eigenvalue weighted by Gasteiger charge is -2.07. The monoisotopic (exact) mass is 278 g/mol. The Bertz CT molecular complexity index is 632. The molecule has 5 heteroatoms. The lowest BCUT2D eigenvalue weighted by Crippen LogP contribution is -2.12. The Morgan fingerprint density at radius 2 is 2.32 bits per heavy atom. The van der Waals surface area contributed by atoms with Crippen LogP contribution in [0.2, 0.25) is 5.02 Å². The number of halogens is 1. The van der Waals surface area contributed by atoms with E-state index in [0.717, 1.165) is 29.7 Å².